The van der Waals surface area contributed by atoms with E-state index < -0.39 is 0 Å². The van der Waals surface area contributed by atoms with Crippen LogP contribution in [0.1, 0.15) is 24.3 Å². The molecule has 0 radical (unpaired) electrons. The van der Waals surface area contributed by atoms with Gasteiger partial charge in [-0.3, -0.25) is 0 Å². The summed E-state index contributed by atoms with van der Waals surface area (Å²) in [6, 6.07) is 8.80. The lowest BCUT2D eigenvalue weighted by molar-refractivity contribution is 0.578. The molecule has 1 aliphatic rings. The highest BCUT2D eigenvalue weighted by molar-refractivity contribution is 7.09. The molecule has 2 aromatic rings. The zero-order chi connectivity index (χ0) is 12.4. The average molecular weight is 258 g/mol. The van der Waals surface area contributed by atoms with E-state index in [1.165, 1.54) is 43.6 Å². The fraction of sp³-hybridized carbons (Fsp3) is 0.400. The van der Waals surface area contributed by atoms with E-state index in [9.17, 15) is 0 Å². The second-order valence-corrected chi connectivity index (χ2v) is 5.91. The van der Waals surface area contributed by atoms with Gasteiger partial charge in [-0.25, -0.2) is 4.98 Å². The lowest BCUT2D eigenvalue weighted by Gasteiger charge is -2.29. The number of aromatic nitrogens is 1. The van der Waals surface area contributed by atoms with Crippen LogP contribution in [0.3, 0.4) is 0 Å². The van der Waals surface area contributed by atoms with Gasteiger partial charge in [0.1, 0.15) is 0 Å². The molecule has 3 heteroatoms. The van der Waals surface area contributed by atoms with Crippen molar-refractivity contribution in [3.05, 3.63) is 34.7 Å². The van der Waals surface area contributed by atoms with Crippen LogP contribution < -0.4 is 4.90 Å². The van der Waals surface area contributed by atoms with Crippen LogP contribution in [0.2, 0.25) is 0 Å². The van der Waals surface area contributed by atoms with Crippen LogP contribution in [0.25, 0.3) is 11.3 Å². The van der Waals surface area contributed by atoms with E-state index in [2.05, 4.69) is 46.5 Å². The molecule has 1 saturated heterocycles. The summed E-state index contributed by atoms with van der Waals surface area (Å²) in [5.74, 6) is 0. The molecule has 2 heterocycles. The van der Waals surface area contributed by atoms with Crippen molar-refractivity contribution in [2.75, 3.05) is 18.0 Å². The van der Waals surface area contributed by atoms with Crippen LogP contribution in [0.4, 0.5) is 5.69 Å². The number of aryl methyl sites for hydroxylation is 1. The molecule has 0 N–H and O–H groups in total. The molecule has 18 heavy (non-hydrogen) atoms. The van der Waals surface area contributed by atoms with E-state index in [0.717, 1.165) is 10.7 Å². The summed E-state index contributed by atoms with van der Waals surface area (Å²) in [5, 5.41) is 3.28. The Hall–Kier alpha value is -1.35. The quantitative estimate of drug-likeness (QED) is 0.806. The molecular weight excluding hydrogens is 240 g/mol. The normalized spacial score (nSPS) is 15.9. The maximum atomic E-state index is 4.57. The lowest BCUT2D eigenvalue weighted by Crippen LogP contribution is -2.29. The molecule has 1 fully saturated rings. The fourth-order valence-electron chi connectivity index (χ4n) is 2.51. The summed E-state index contributed by atoms with van der Waals surface area (Å²) in [4.78, 5) is 7.06. The van der Waals surface area contributed by atoms with Gasteiger partial charge in [0.2, 0.25) is 0 Å². The first-order chi connectivity index (χ1) is 8.83. The van der Waals surface area contributed by atoms with Gasteiger partial charge < -0.3 is 4.90 Å². The van der Waals surface area contributed by atoms with Gasteiger partial charge in [0.05, 0.1) is 10.7 Å². The van der Waals surface area contributed by atoms with Crippen molar-refractivity contribution >= 4 is 17.0 Å². The van der Waals surface area contributed by atoms with Gasteiger partial charge in [-0.2, -0.15) is 0 Å². The van der Waals surface area contributed by atoms with Crippen LogP contribution in [0.5, 0.6) is 0 Å². The third-order valence-corrected chi connectivity index (χ3v) is 4.26. The molecule has 0 bridgehead atoms. The highest BCUT2D eigenvalue weighted by atomic mass is 32.1. The van der Waals surface area contributed by atoms with Gasteiger partial charge in [-0.1, -0.05) is 12.1 Å². The Morgan fingerprint density at radius 3 is 2.72 bits per heavy atom. The number of thiazole rings is 1. The Morgan fingerprint density at radius 1 is 1.17 bits per heavy atom. The maximum Gasteiger partial charge on any atom is 0.0901 e. The Balaban J connectivity index is 1.88. The van der Waals surface area contributed by atoms with E-state index in [-0.39, 0.29) is 0 Å². The van der Waals surface area contributed by atoms with Crippen LogP contribution in [0.15, 0.2) is 29.6 Å². The van der Waals surface area contributed by atoms with Crippen LogP contribution in [-0.2, 0) is 0 Å². The minimum absolute atomic E-state index is 1.11. The molecule has 1 aromatic heterocycles. The number of benzene rings is 1. The summed E-state index contributed by atoms with van der Waals surface area (Å²) in [5.41, 5.74) is 3.69. The zero-order valence-corrected chi connectivity index (χ0v) is 11.5. The predicted octanol–water partition coefficient (Wildman–Crippen LogP) is 4.11. The zero-order valence-electron chi connectivity index (χ0n) is 10.7. The van der Waals surface area contributed by atoms with E-state index in [1.54, 1.807) is 11.3 Å². The van der Waals surface area contributed by atoms with Crippen molar-refractivity contribution in [3.8, 4) is 11.3 Å². The largest absolute Gasteiger partial charge is 0.372 e. The number of anilines is 1. The van der Waals surface area contributed by atoms with E-state index >= 15 is 0 Å². The SMILES string of the molecule is Cc1nc(-c2cccc(N3CCCCC3)c2)cs1. The van der Waals surface area contributed by atoms with Gasteiger partial charge >= 0.3 is 0 Å². The topological polar surface area (TPSA) is 16.1 Å². The van der Waals surface area contributed by atoms with E-state index in [0.29, 0.717) is 0 Å². The second-order valence-electron chi connectivity index (χ2n) is 4.85. The summed E-state index contributed by atoms with van der Waals surface area (Å²) < 4.78 is 0. The molecule has 0 spiro atoms. The number of rotatable bonds is 2. The summed E-state index contributed by atoms with van der Waals surface area (Å²) in [7, 11) is 0. The molecule has 0 saturated carbocycles. The standard InChI is InChI=1S/C15H18N2S/c1-12-16-15(11-18-12)13-6-5-7-14(10-13)17-8-3-2-4-9-17/h5-7,10-11H,2-4,8-9H2,1H3. The van der Waals surface area contributed by atoms with Crippen molar-refractivity contribution in [1.29, 1.82) is 0 Å². The van der Waals surface area contributed by atoms with Gasteiger partial charge in [0, 0.05) is 29.7 Å². The van der Waals surface area contributed by atoms with Gasteiger partial charge in [0.15, 0.2) is 0 Å². The molecule has 1 aliphatic heterocycles. The Morgan fingerprint density at radius 2 is 2.00 bits per heavy atom. The van der Waals surface area contributed by atoms with Crippen molar-refractivity contribution in [2.45, 2.75) is 26.2 Å². The first kappa shape index (κ1) is 11.7. The third-order valence-electron chi connectivity index (χ3n) is 3.48. The summed E-state index contributed by atoms with van der Waals surface area (Å²) >= 11 is 1.72. The van der Waals surface area contributed by atoms with Crippen molar-refractivity contribution in [1.82, 2.24) is 4.98 Å². The molecule has 0 aliphatic carbocycles. The third kappa shape index (κ3) is 2.41. The molecule has 3 rings (SSSR count). The number of nitrogens with zero attached hydrogens (tertiary/aromatic N) is 2. The number of piperidine rings is 1. The van der Waals surface area contributed by atoms with E-state index in [4.69, 9.17) is 0 Å². The Kier molecular flexibility index (Phi) is 3.33. The average Bonchev–Trinajstić information content (AvgIpc) is 2.87. The van der Waals surface area contributed by atoms with E-state index in [1.807, 2.05) is 0 Å². The molecule has 0 amide bonds. The number of hydrogen-bond acceptors (Lipinski definition) is 3. The number of hydrogen-bond donors (Lipinski definition) is 0. The predicted molar refractivity (Wildman–Crippen MR) is 78.4 cm³/mol. The minimum Gasteiger partial charge on any atom is -0.372 e. The molecular formula is C15H18N2S. The molecule has 0 unspecified atom stereocenters. The van der Waals surface area contributed by atoms with Crippen molar-refractivity contribution in [2.24, 2.45) is 0 Å². The fourth-order valence-corrected chi connectivity index (χ4v) is 3.13. The second kappa shape index (κ2) is 5.11. The van der Waals surface area contributed by atoms with Crippen molar-refractivity contribution < 1.29 is 0 Å². The Bertz CT molecular complexity index is 527. The summed E-state index contributed by atoms with van der Waals surface area (Å²) in [6.45, 7) is 4.45. The summed E-state index contributed by atoms with van der Waals surface area (Å²) in [6.07, 6.45) is 4.02. The Labute approximate surface area is 112 Å². The van der Waals surface area contributed by atoms with Crippen molar-refractivity contribution in [3.63, 3.8) is 0 Å². The smallest absolute Gasteiger partial charge is 0.0901 e. The van der Waals surface area contributed by atoms with Gasteiger partial charge in [0.25, 0.3) is 0 Å². The van der Waals surface area contributed by atoms with Crippen LogP contribution in [-0.4, -0.2) is 18.1 Å². The lowest BCUT2D eigenvalue weighted by atomic mass is 10.1. The first-order valence-electron chi connectivity index (χ1n) is 6.60. The highest BCUT2D eigenvalue weighted by Crippen LogP contribution is 2.27. The van der Waals surface area contributed by atoms with Crippen LogP contribution in [0, 0.1) is 6.92 Å². The molecule has 1 aromatic carbocycles. The monoisotopic (exact) mass is 258 g/mol. The highest BCUT2D eigenvalue weighted by Gasteiger charge is 2.11. The van der Waals surface area contributed by atoms with Gasteiger partial charge in [-0.15, -0.1) is 11.3 Å². The maximum absolute atomic E-state index is 4.57. The molecule has 0 atom stereocenters. The molecule has 2 nitrogen and oxygen atoms in total. The molecule has 94 valence electrons. The first-order valence-corrected chi connectivity index (χ1v) is 7.48. The minimum atomic E-state index is 1.11. The van der Waals surface area contributed by atoms with Gasteiger partial charge in [-0.05, 0) is 38.3 Å². The van der Waals surface area contributed by atoms with Crippen LogP contribution >= 0.6 is 11.3 Å².